The second kappa shape index (κ2) is 6.17. The lowest BCUT2D eigenvalue weighted by molar-refractivity contribution is -0.120. The molecule has 118 valence electrons. The van der Waals surface area contributed by atoms with Crippen molar-refractivity contribution in [2.24, 2.45) is 5.92 Å². The Hall–Kier alpha value is -2.13. The average Bonchev–Trinajstić information content (AvgIpc) is 2.62. The fraction of sp³-hybridized carbons (Fsp3) is 0.211. The lowest BCUT2D eigenvalue weighted by atomic mass is 10.1. The van der Waals surface area contributed by atoms with Crippen LogP contribution < -0.4 is 4.90 Å². The van der Waals surface area contributed by atoms with Crippen LogP contribution in [0.3, 0.4) is 0 Å². The van der Waals surface area contributed by atoms with Gasteiger partial charge < -0.3 is 4.90 Å². The highest BCUT2D eigenvalue weighted by Gasteiger charge is 2.27. The van der Waals surface area contributed by atoms with Gasteiger partial charge in [0.1, 0.15) is 5.82 Å². The first-order chi connectivity index (χ1) is 11.0. The molecule has 0 saturated heterocycles. The molecule has 2 nitrogen and oxygen atoms in total. The molecule has 3 rings (SSSR count). The molecule has 0 radical (unpaired) electrons. The van der Waals surface area contributed by atoms with E-state index >= 15 is 0 Å². The zero-order valence-electron chi connectivity index (χ0n) is 13.0. The molecule has 0 fully saturated rings. The SMILES string of the molecule is Cc1ccc(CN2C(=O)C(C)C=C(Cl)c3ccccc32)cc1F. The standard InChI is InChI=1S/C19H17ClFNO/c1-12-7-8-14(10-17(12)21)11-22-18-6-4-3-5-15(18)16(20)9-13(2)19(22)23/h3-10,13H,11H2,1-2H3. The summed E-state index contributed by atoms with van der Waals surface area (Å²) < 4.78 is 13.8. The highest BCUT2D eigenvalue weighted by molar-refractivity contribution is 6.49. The number of halogens is 2. The lowest BCUT2D eigenvalue weighted by Gasteiger charge is -2.25. The van der Waals surface area contributed by atoms with Crippen LogP contribution in [0.25, 0.3) is 5.03 Å². The third-order valence-electron chi connectivity index (χ3n) is 4.08. The van der Waals surface area contributed by atoms with Crippen molar-refractivity contribution in [1.82, 2.24) is 0 Å². The van der Waals surface area contributed by atoms with E-state index in [-0.39, 0.29) is 17.6 Å². The molecule has 4 heteroatoms. The van der Waals surface area contributed by atoms with E-state index < -0.39 is 0 Å². The number of aryl methyl sites for hydroxylation is 1. The number of anilines is 1. The first kappa shape index (κ1) is 15.8. The van der Waals surface area contributed by atoms with Crippen LogP contribution in [0.2, 0.25) is 0 Å². The van der Waals surface area contributed by atoms with Gasteiger partial charge in [-0.1, -0.05) is 54.9 Å². The number of hydrogen-bond donors (Lipinski definition) is 0. The molecule has 0 N–H and O–H groups in total. The Labute approximate surface area is 140 Å². The summed E-state index contributed by atoms with van der Waals surface area (Å²) in [4.78, 5) is 14.4. The topological polar surface area (TPSA) is 20.3 Å². The maximum atomic E-state index is 13.8. The molecule has 1 aliphatic rings. The minimum absolute atomic E-state index is 0.0471. The number of carbonyl (C=O) groups excluding carboxylic acids is 1. The van der Waals surface area contributed by atoms with Gasteiger partial charge in [-0.2, -0.15) is 0 Å². The molecular weight excluding hydrogens is 313 g/mol. The molecule has 0 aliphatic carbocycles. The fourth-order valence-corrected chi connectivity index (χ4v) is 3.09. The van der Waals surface area contributed by atoms with Gasteiger partial charge in [0.2, 0.25) is 5.91 Å². The molecule has 2 aromatic carbocycles. The van der Waals surface area contributed by atoms with E-state index in [2.05, 4.69) is 0 Å². The van der Waals surface area contributed by atoms with E-state index in [1.54, 1.807) is 24.0 Å². The highest BCUT2D eigenvalue weighted by atomic mass is 35.5. The molecule has 23 heavy (non-hydrogen) atoms. The summed E-state index contributed by atoms with van der Waals surface area (Å²) in [6, 6.07) is 12.6. The summed E-state index contributed by atoms with van der Waals surface area (Å²) in [7, 11) is 0. The number of rotatable bonds is 2. The Kier molecular flexibility index (Phi) is 4.22. The van der Waals surface area contributed by atoms with Crippen molar-refractivity contribution < 1.29 is 9.18 Å². The smallest absolute Gasteiger partial charge is 0.234 e. The number of hydrogen-bond acceptors (Lipinski definition) is 1. The largest absolute Gasteiger partial charge is 0.307 e. The minimum atomic E-state index is -0.329. The molecular formula is C19H17ClFNO. The highest BCUT2D eigenvalue weighted by Crippen LogP contribution is 2.35. The maximum Gasteiger partial charge on any atom is 0.234 e. The van der Waals surface area contributed by atoms with Gasteiger partial charge in [0, 0.05) is 10.6 Å². The Balaban J connectivity index is 2.04. The number of carbonyl (C=O) groups is 1. The Morgan fingerprint density at radius 2 is 1.96 bits per heavy atom. The number of fused-ring (bicyclic) bond motifs is 1. The third kappa shape index (κ3) is 3.02. The molecule has 1 heterocycles. The van der Waals surface area contributed by atoms with Crippen molar-refractivity contribution in [2.45, 2.75) is 20.4 Å². The number of benzene rings is 2. The number of amides is 1. The van der Waals surface area contributed by atoms with E-state index in [4.69, 9.17) is 11.6 Å². The fourth-order valence-electron chi connectivity index (χ4n) is 2.74. The monoisotopic (exact) mass is 329 g/mol. The minimum Gasteiger partial charge on any atom is -0.307 e. The molecule has 1 unspecified atom stereocenters. The van der Waals surface area contributed by atoms with Crippen molar-refractivity contribution in [3.8, 4) is 0 Å². The predicted molar refractivity (Wildman–Crippen MR) is 91.8 cm³/mol. The second-order valence-electron chi connectivity index (χ2n) is 5.83. The second-order valence-corrected chi connectivity index (χ2v) is 6.24. The Morgan fingerprint density at radius 3 is 2.70 bits per heavy atom. The molecule has 0 bridgehead atoms. The van der Waals surface area contributed by atoms with E-state index in [9.17, 15) is 9.18 Å². The van der Waals surface area contributed by atoms with Crippen LogP contribution in [0.1, 0.15) is 23.6 Å². The average molecular weight is 330 g/mol. The van der Waals surface area contributed by atoms with Gasteiger partial charge in [0.25, 0.3) is 0 Å². The summed E-state index contributed by atoms with van der Waals surface area (Å²) in [5.41, 5.74) is 2.92. The van der Waals surface area contributed by atoms with Gasteiger partial charge in [-0.05, 0) is 30.2 Å². The molecule has 0 spiro atoms. The van der Waals surface area contributed by atoms with Crippen LogP contribution >= 0.6 is 11.6 Å². The van der Waals surface area contributed by atoms with Crippen molar-refractivity contribution in [3.63, 3.8) is 0 Å². The van der Waals surface area contributed by atoms with E-state index in [1.807, 2.05) is 37.3 Å². The van der Waals surface area contributed by atoms with Crippen molar-refractivity contribution in [2.75, 3.05) is 4.90 Å². The first-order valence-electron chi connectivity index (χ1n) is 7.50. The molecule has 0 saturated carbocycles. The molecule has 1 atom stereocenters. The summed E-state index contributed by atoms with van der Waals surface area (Å²) in [6.07, 6.45) is 1.76. The van der Waals surface area contributed by atoms with Gasteiger partial charge in [-0.15, -0.1) is 0 Å². The summed E-state index contributed by atoms with van der Waals surface area (Å²) in [5.74, 6) is -0.637. The van der Waals surface area contributed by atoms with Crippen LogP contribution in [0, 0.1) is 18.7 Å². The molecule has 0 aromatic heterocycles. The van der Waals surface area contributed by atoms with Gasteiger partial charge in [-0.25, -0.2) is 4.39 Å². The van der Waals surface area contributed by atoms with Crippen LogP contribution in [-0.2, 0) is 11.3 Å². The predicted octanol–water partition coefficient (Wildman–Crippen LogP) is 4.90. The normalized spacial score (nSPS) is 17.6. The molecule has 2 aromatic rings. The van der Waals surface area contributed by atoms with Crippen molar-refractivity contribution >= 4 is 28.2 Å². The van der Waals surface area contributed by atoms with Gasteiger partial charge in [0.05, 0.1) is 18.2 Å². The summed E-state index contributed by atoms with van der Waals surface area (Å²) >= 11 is 6.35. The van der Waals surface area contributed by atoms with E-state index in [0.29, 0.717) is 17.1 Å². The van der Waals surface area contributed by atoms with Gasteiger partial charge >= 0.3 is 0 Å². The van der Waals surface area contributed by atoms with Crippen molar-refractivity contribution in [1.29, 1.82) is 0 Å². The molecule has 1 aliphatic heterocycles. The zero-order chi connectivity index (χ0) is 16.6. The van der Waals surface area contributed by atoms with E-state index in [0.717, 1.165) is 16.8 Å². The zero-order valence-corrected chi connectivity index (χ0v) is 13.8. The Bertz CT molecular complexity index is 800. The molecule has 1 amide bonds. The maximum absolute atomic E-state index is 13.8. The van der Waals surface area contributed by atoms with Crippen LogP contribution in [0.15, 0.2) is 48.5 Å². The lowest BCUT2D eigenvalue weighted by Crippen LogP contribution is -2.33. The summed E-state index contributed by atoms with van der Waals surface area (Å²) in [6.45, 7) is 3.85. The first-order valence-corrected chi connectivity index (χ1v) is 7.88. The van der Waals surface area contributed by atoms with Gasteiger partial charge in [-0.3, -0.25) is 4.79 Å². The summed E-state index contributed by atoms with van der Waals surface area (Å²) in [5, 5.41) is 0.569. The van der Waals surface area contributed by atoms with Crippen LogP contribution in [0.4, 0.5) is 10.1 Å². The van der Waals surface area contributed by atoms with Gasteiger partial charge in [0.15, 0.2) is 0 Å². The van der Waals surface area contributed by atoms with Crippen molar-refractivity contribution in [3.05, 3.63) is 71.0 Å². The number of nitrogens with zero attached hydrogens (tertiary/aromatic N) is 1. The number of para-hydroxylation sites is 1. The van der Waals surface area contributed by atoms with Crippen LogP contribution in [0.5, 0.6) is 0 Å². The quantitative estimate of drug-likeness (QED) is 0.767. The van der Waals surface area contributed by atoms with E-state index in [1.165, 1.54) is 6.07 Å². The third-order valence-corrected chi connectivity index (χ3v) is 4.41. The van der Waals surface area contributed by atoms with Crippen LogP contribution in [-0.4, -0.2) is 5.91 Å². The Morgan fingerprint density at radius 1 is 1.22 bits per heavy atom.